The van der Waals surface area contributed by atoms with Crippen LogP contribution in [-0.2, 0) is 4.79 Å². The van der Waals surface area contributed by atoms with Crippen LogP contribution in [0.1, 0.15) is 42.4 Å². The van der Waals surface area contributed by atoms with Gasteiger partial charge in [0.1, 0.15) is 11.7 Å². The van der Waals surface area contributed by atoms with Gasteiger partial charge in [-0.2, -0.15) is 0 Å². The molecule has 0 radical (unpaired) electrons. The van der Waals surface area contributed by atoms with Gasteiger partial charge in [-0.1, -0.05) is 25.1 Å². The first-order chi connectivity index (χ1) is 8.09. The number of nitrogens with one attached hydrogen (secondary N) is 1. The van der Waals surface area contributed by atoms with Crippen molar-refractivity contribution in [2.75, 3.05) is 0 Å². The van der Waals surface area contributed by atoms with E-state index in [-0.39, 0.29) is 18.0 Å². The molecule has 2 unspecified atom stereocenters. The normalized spacial score (nSPS) is 30.2. The molecule has 88 valence electrons. The van der Waals surface area contributed by atoms with E-state index in [4.69, 9.17) is 0 Å². The maximum absolute atomic E-state index is 12.3. The van der Waals surface area contributed by atoms with Crippen LogP contribution in [0.3, 0.4) is 0 Å². The zero-order chi connectivity index (χ0) is 12.2. The largest absolute Gasteiger partial charge is 0.330 e. The molecular formula is C13H14N2O2. The van der Waals surface area contributed by atoms with Crippen molar-refractivity contribution in [3.63, 3.8) is 0 Å². The highest BCUT2D eigenvalue weighted by Crippen LogP contribution is 2.42. The molecule has 1 aromatic rings. The van der Waals surface area contributed by atoms with Crippen molar-refractivity contribution in [2.45, 2.75) is 32.0 Å². The summed E-state index contributed by atoms with van der Waals surface area (Å²) < 4.78 is 0. The van der Waals surface area contributed by atoms with E-state index in [0.29, 0.717) is 12.0 Å². The lowest BCUT2D eigenvalue weighted by Crippen LogP contribution is -2.47. The molecule has 4 nitrogen and oxygen atoms in total. The molecule has 2 aliphatic rings. The number of fused-ring (bicyclic) bond motifs is 3. The summed E-state index contributed by atoms with van der Waals surface area (Å²) >= 11 is 0. The molecule has 1 N–H and O–H groups in total. The van der Waals surface area contributed by atoms with Crippen LogP contribution in [0.4, 0.5) is 0 Å². The lowest BCUT2D eigenvalue weighted by molar-refractivity contribution is -0.125. The second-order valence-corrected chi connectivity index (χ2v) is 4.77. The Morgan fingerprint density at radius 1 is 1.35 bits per heavy atom. The highest BCUT2D eigenvalue weighted by Gasteiger charge is 2.55. The highest BCUT2D eigenvalue weighted by atomic mass is 16.2. The number of carbonyl (C=O) groups excluding carboxylic acids is 2. The summed E-state index contributed by atoms with van der Waals surface area (Å²) in [6.07, 6.45) is 0.339. The molecule has 1 fully saturated rings. The van der Waals surface area contributed by atoms with Crippen LogP contribution in [0.5, 0.6) is 0 Å². The molecule has 3 rings (SSSR count). The first-order valence-corrected chi connectivity index (χ1v) is 5.83. The maximum atomic E-state index is 12.3. The third kappa shape index (κ3) is 1.07. The monoisotopic (exact) mass is 230 g/mol. The fourth-order valence-electron chi connectivity index (χ4n) is 2.69. The fourth-order valence-corrected chi connectivity index (χ4v) is 2.69. The van der Waals surface area contributed by atoms with Gasteiger partial charge in [-0.15, -0.1) is 0 Å². The van der Waals surface area contributed by atoms with E-state index >= 15 is 0 Å². The Balaban J connectivity index is 2.16. The predicted octanol–water partition coefficient (Wildman–Crippen LogP) is 1.44. The van der Waals surface area contributed by atoms with E-state index in [0.717, 1.165) is 5.56 Å². The molecule has 2 amide bonds. The van der Waals surface area contributed by atoms with Crippen molar-refractivity contribution in [3.8, 4) is 0 Å². The average Bonchev–Trinajstić information content (AvgIpc) is 2.77. The van der Waals surface area contributed by atoms with Crippen LogP contribution in [-0.4, -0.2) is 22.3 Å². The molecule has 0 aliphatic carbocycles. The third-order valence-corrected chi connectivity index (χ3v) is 3.94. The molecule has 1 saturated heterocycles. The van der Waals surface area contributed by atoms with Gasteiger partial charge in [0.25, 0.3) is 5.91 Å². The summed E-state index contributed by atoms with van der Waals surface area (Å²) in [6.45, 7) is 3.75. The van der Waals surface area contributed by atoms with Crippen molar-refractivity contribution in [2.24, 2.45) is 0 Å². The van der Waals surface area contributed by atoms with Crippen LogP contribution in [0.25, 0.3) is 0 Å². The quantitative estimate of drug-likeness (QED) is 0.793. The molecule has 4 heteroatoms. The minimum atomic E-state index is -0.721. The minimum Gasteiger partial charge on any atom is -0.330 e. The number of nitrogens with zero attached hydrogens (tertiary/aromatic N) is 1. The summed E-state index contributed by atoms with van der Waals surface area (Å²) in [5.41, 5.74) is 0.890. The number of carbonyl (C=O) groups is 2. The van der Waals surface area contributed by atoms with Gasteiger partial charge >= 0.3 is 0 Å². The zero-order valence-corrected chi connectivity index (χ0v) is 9.86. The van der Waals surface area contributed by atoms with Crippen LogP contribution in [0, 0.1) is 0 Å². The van der Waals surface area contributed by atoms with Crippen molar-refractivity contribution in [1.82, 2.24) is 10.2 Å². The van der Waals surface area contributed by atoms with Crippen LogP contribution in [0.15, 0.2) is 24.3 Å². The summed E-state index contributed by atoms with van der Waals surface area (Å²) in [6, 6.07) is 7.46. The van der Waals surface area contributed by atoms with Crippen LogP contribution in [0.2, 0.25) is 0 Å². The Labute approximate surface area is 99.6 Å². The Kier molecular flexibility index (Phi) is 1.88. The Morgan fingerprint density at radius 2 is 2.06 bits per heavy atom. The number of hydrogen-bond acceptors (Lipinski definition) is 2. The van der Waals surface area contributed by atoms with Gasteiger partial charge in [-0.05, 0) is 19.4 Å². The molecule has 0 spiro atoms. The number of hydrogen-bond donors (Lipinski definition) is 1. The smallest absolute Gasteiger partial charge is 0.257 e. The van der Waals surface area contributed by atoms with E-state index in [1.807, 2.05) is 38.1 Å². The molecule has 0 saturated carbocycles. The number of benzene rings is 1. The molecule has 2 heterocycles. The second-order valence-electron chi connectivity index (χ2n) is 4.77. The predicted molar refractivity (Wildman–Crippen MR) is 62.2 cm³/mol. The average molecular weight is 230 g/mol. The Hall–Kier alpha value is -1.84. The lowest BCUT2D eigenvalue weighted by atomic mass is 9.97. The Bertz CT molecular complexity index is 526. The molecule has 1 aromatic carbocycles. The molecule has 0 aromatic heterocycles. The van der Waals surface area contributed by atoms with E-state index < -0.39 is 5.54 Å². The van der Waals surface area contributed by atoms with Gasteiger partial charge in [-0.3, -0.25) is 14.5 Å². The lowest BCUT2D eigenvalue weighted by Gasteiger charge is -2.30. The maximum Gasteiger partial charge on any atom is 0.257 e. The third-order valence-electron chi connectivity index (χ3n) is 3.94. The second kappa shape index (κ2) is 3.09. The molecule has 2 aliphatic heterocycles. The first-order valence-electron chi connectivity index (χ1n) is 5.83. The number of rotatable bonds is 1. The fraction of sp³-hybridized carbons (Fsp3) is 0.385. The summed E-state index contributed by atoms with van der Waals surface area (Å²) in [7, 11) is 0. The summed E-state index contributed by atoms with van der Waals surface area (Å²) in [5, 5.41) is 2.91. The van der Waals surface area contributed by atoms with E-state index in [9.17, 15) is 9.59 Å². The van der Waals surface area contributed by atoms with E-state index in [1.165, 1.54) is 0 Å². The minimum absolute atomic E-state index is 0.0479. The van der Waals surface area contributed by atoms with Gasteiger partial charge in [0.05, 0.1) is 0 Å². The molecule has 0 bridgehead atoms. The number of amides is 2. The van der Waals surface area contributed by atoms with E-state index in [2.05, 4.69) is 5.32 Å². The standard InChI is InChI=1S/C13H14N2O2/c1-3-13(2)12(17)14-10-8-6-4-5-7-9(8)11(16)15(10)13/h4-7,10H,3H2,1-2H3,(H,14,17). The summed E-state index contributed by atoms with van der Waals surface area (Å²) in [5.74, 6) is -0.110. The van der Waals surface area contributed by atoms with Gasteiger partial charge in [0, 0.05) is 11.1 Å². The highest BCUT2D eigenvalue weighted by molar-refractivity contribution is 6.05. The van der Waals surface area contributed by atoms with Gasteiger partial charge in [0.15, 0.2) is 0 Å². The van der Waals surface area contributed by atoms with Crippen molar-refractivity contribution < 1.29 is 9.59 Å². The molecular weight excluding hydrogens is 216 g/mol. The van der Waals surface area contributed by atoms with Gasteiger partial charge in [0.2, 0.25) is 5.91 Å². The van der Waals surface area contributed by atoms with Gasteiger partial charge in [-0.25, -0.2) is 0 Å². The van der Waals surface area contributed by atoms with Crippen molar-refractivity contribution >= 4 is 11.8 Å². The SMILES string of the molecule is CCC1(C)C(=O)NC2c3ccccc3C(=O)N21. The van der Waals surface area contributed by atoms with Crippen LogP contribution < -0.4 is 5.32 Å². The molecule has 2 atom stereocenters. The van der Waals surface area contributed by atoms with Crippen LogP contribution >= 0.6 is 0 Å². The van der Waals surface area contributed by atoms with E-state index in [1.54, 1.807) is 4.90 Å². The van der Waals surface area contributed by atoms with Gasteiger partial charge < -0.3 is 5.32 Å². The topological polar surface area (TPSA) is 49.4 Å². The summed E-state index contributed by atoms with van der Waals surface area (Å²) in [4.78, 5) is 26.0. The Morgan fingerprint density at radius 3 is 2.76 bits per heavy atom. The first kappa shape index (κ1) is 10.3. The molecule has 17 heavy (non-hydrogen) atoms. The zero-order valence-electron chi connectivity index (χ0n) is 9.86. The van der Waals surface area contributed by atoms with Crippen molar-refractivity contribution in [1.29, 1.82) is 0 Å². The van der Waals surface area contributed by atoms with Crippen molar-refractivity contribution in [3.05, 3.63) is 35.4 Å².